The number of aliphatic carboxylic acids is 1. The van der Waals surface area contributed by atoms with Gasteiger partial charge in [0.1, 0.15) is 12.4 Å². The van der Waals surface area contributed by atoms with Crippen LogP contribution in [-0.4, -0.2) is 37.6 Å². The largest absolute Gasteiger partial charge is 0.489 e. The van der Waals surface area contributed by atoms with Crippen LogP contribution in [0.2, 0.25) is 0 Å². The molecule has 2 aromatic carbocycles. The van der Waals surface area contributed by atoms with Gasteiger partial charge in [-0.3, -0.25) is 19.2 Å². The van der Waals surface area contributed by atoms with E-state index in [9.17, 15) is 23.3 Å². The SMILES string of the molecule is C=CCOc1cccc(N(CCCC(=O)O)S(=O)(=O)c2cccc([N+](=O)[O-])c2)c1. The Hall–Kier alpha value is -3.40. The summed E-state index contributed by atoms with van der Waals surface area (Å²) in [4.78, 5) is 20.9. The van der Waals surface area contributed by atoms with Crippen molar-refractivity contribution in [3.63, 3.8) is 0 Å². The molecule has 29 heavy (non-hydrogen) atoms. The van der Waals surface area contributed by atoms with Crippen LogP contribution in [0, 0.1) is 10.1 Å². The summed E-state index contributed by atoms with van der Waals surface area (Å²) in [5.74, 6) is -0.652. The Morgan fingerprint density at radius 1 is 1.24 bits per heavy atom. The fourth-order valence-electron chi connectivity index (χ4n) is 2.53. The number of nitro groups is 1. The first kappa shape index (κ1) is 21.9. The first-order chi connectivity index (χ1) is 13.8. The van der Waals surface area contributed by atoms with Crippen molar-refractivity contribution in [1.82, 2.24) is 0 Å². The number of rotatable bonds is 11. The standard InChI is InChI=1S/C19H20N2O7S/c1-2-12-28-17-8-3-6-15(13-17)20(11-5-10-19(22)23)29(26,27)18-9-4-7-16(14-18)21(24)25/h2-4,6-9,13-14H,1,5,10-12H2,(H,22,23). The van der Waals surface area contributed by atoms with E-state index in [0.29, 0.717) is 5.75 Å². The average Bonchev–Trinajstić information content (AvgIpc) is 2.69. The fourth-order valence-corrected chi connectivity index (χ4v) is 4.07. The maximum Gasteiger partial charge on any atom is 0.303 e. The molecule has 10 heteroatoms. The maximum atomic E-state index is 13.2. The predicted molar refractivity (Wildman–Crippen MR) is 107 cm³/mol. The molecule has 0 saturated heterocycles. The minimum atomic E-state index is -4.19. The summed E-state index contributed by atoms with van der Waals surface area (Å²) in [6.07, 6.45) is 1.37. The Kier molecular flexibility index (Phi) is 7.32. The van der Waals surface area contributed by atoms with Gasteiger partial charge in [0, 0.05) is 31.2 Å². The second kappa shape index (κ2) is 9.69. The molecule has 0 fully saturated rings. The second-order valence-corrected chi connectivity index (χ2v) is 7.79. The van der Waals surface area contributed by atoms with Crippen molar-refractivity contribution in [2.45, 2.75) is 17.7 Å². The number of ether oxygens (including phenoxy) is 1. The molecule has 1 N–H and O–H groups in total. The van der Waals surface area contributed by atoms with Gasteiger partial charge in [-0.15, -0.1) is 0 Å². The molecule has 0 unspecified atom stereocenters. The van der Waals surface area contributed by atoms with E-state index in [1.54, 1.807) is 12.1 Å². The number of nitro benzene ring substituents is 1. The van der Waals surface area contributed by atoms with Gasteiger partial charge in [-0.2, -0.15) is 0 Å². The normalized spacial score (nSPS) is 10.9. The zero-order chi connectivity index (χ0) is 21.4. The van der Waals surface area contributed by atoms with E-state index in [4.69, 9.17) is 9.84 Å². The predicted octanol–water partition coefficient (Wildman–Crippen LogP) is 3.22. The van der Waals surface area contributed by atoms with Crippen LogP contribution in [0.4, 0.5) is 11.4 Å². The van der Waals surface area contributed by atoms with Crippen LogP contribution < -0.4 is 9.04 Å². The second-order valence-electron chi connectivity index (χ2n) is 5.93. The lowest BCUT2D eigenvalue weighted by molar-refractivity contribution is -0.385. The number of carboxylic acid groups (broad SMARTS) is 1. The molecule has 0 saturated carbocycles. The highest BCUT2D eigenvalue weighted by Gasteiger charge is 2.27. The maximum absolute atomic E-state index is 13.2. The topological polar surface area (TPSA) is 127 Å². The van der Waals surface area contributed by atoms with Crippen LogP contribution in [0.25, 0.3) is 0 Å². The van der Waals surface area contributed by atoms with Gasteiger partial charge in [-0.1, -0.05) is 24.8 Å². The minimum absolute atomic E-state index is 0.0568. The van der Waals surface area contributed by atoms with Crippen LogP contribution in [-0.2, 0) is 14.8 Å². The lowest BCUT2D eigenvalue weighted by Gasteiger charge is -2.24. The fraction of sp³-hybridized carbons (Fsp3) is 0.211. The number of carboxylic acids is 1. The van der Waals surface area contributed by atoms with Crippen LogP contribution in [0.1, 0.15) is 12.8 Å². The van der Waals surface area contributed by atoms with Crippen molar-refractivity contribution in [2.24, 2.45) is 0 Å². The highest BCUT2D eigenvalue weighted by atomic mass is 32.2. The zero-order valence-electron chi connectivity index (χ0n) is 15.4. The molecule has 0 atom stereocenters. The molecule has 0 heterocycles. The number of nitrogens with zero attached hydrogens (tertiary/aromatic N) is 2. The minimum Gasteiger partial charge on any atom is -0.489 e. The number of carbonyl (C=O) groups is 1. The number of hydrogen-bond donors (Lipinski definition) is 1. The zero-order valence-corrected chi connectivity index (χ0v) is 16.2. The summed E-state index contributed by atoms with van der Waals surface area (Å²) in [5, 5.41) is 19.9. The third kappa shape index (κ3) is 5.79. The van der Waals surface area contributed by atoms with Gasteiger partial charge in [0.15, 0.2) is 0 Å². The molecule has 0 bridgehead atoms. The highest BCUT2D eigenvalue weighted by molar-refractivity contribution is 7.92. The molecular weight excluding hydrogens is 400 g/mol. The summed E-state index contributed by atoms with van der Waals surface area (Å²) in [6.45, 7) is 3.65. The van der Waals surface area contributed by atoms with Gasteiger partial charge in [0.25, 0.3) is 15.7 Å². The molecule has 0 amide bonds. The lowest BCUT2D eigenvalue weighted by atomic mass is 10.2. The highest BCUT2D eigenvalue weighted by Crippen LogP contribution is 2.29. The molecular formula is C19H20N2O7S. The Morgan fingerprint density at radius 2 is 1.97 bits per heavy atom. The molecule has 2 rings (SSSR count). The van der Waals surface area contributed by atoms with E-state index in [1.807, 2.05) is 0 Å². The molecule has 0 spiro atoms. The quantitative estimate of drug-likeness (QED) is 0.336. The Morgan fingerprint density at radius 3 is 2.62 bits per heavy atom. The molecule has 2 aromatic rings. The Labute approximate surface area is 168 Å². The van der Waals surface area contributed by atoms with E-state index in [0.717, 1.165) is 10.4 Å². The monoisotopic (exact) mass is 420 g/mol. The van der Waals surface area contributed by atoms with Crippen LogP contribution in [0.3, 0.4) is 0 Å². The van der Waals surface area contributed by atoms with E-state index in [-0.39, 0.29) is 42.3 Å². The van der Waals surface area contributed by atoms with Gasteiger partial charge in [0.2, 0.25) is 0 Å². The van der Waals surface area contributed by atoms with Crippen LogP contribution in [0.5, 0.6) is 5.75 Å². The Balaban J connectivity index is 2.46. The van der Waals surface area contributed by atoms with E-state index in [1.165, 1.54) is 36.4 Å². The van der Waals surface area contributed by atoms with Crippen molar-refractivity contribution < 1.29 is 28.0 Å². The van der Waals surface area contributed by atoms with Crippen LogP contribution >= 0.6 is 0 Å². The number of benzene rings is 2. The number of non-ortho nitro benzene ring substituents is 1. The van der Waals surface area contributed by atoms with Crippen molar-refractivity contribution in [2.75, 3.05) is 17.5 Å². The summed E-state index contributed by atoms with van der Waals surface area (Å²) in [6, 6.07) is 11.0. The van der Waals surface area contributed by atoms with E-state index < -0.39 is 20.9 Å². The van der Waals surface area contributed by atoms with Gasteiger partial charge < -0.3 is 9.84 Å². The molecule has 154 valence electrons. The van der Waals surface area contributed by atoms with Gasteiger partial charge in [-0.25, -0.2) is 8.42 Å². The third-order valence-electron chi connectivity index (χ3n) is 3.84. The van der Waals surface area contributed by atoms with Crippen molar-refractivity contribution in [3.8, 4) is 5.75 Å². The third-order valence-corrected chi connectivity index (χ3v) is 5.67. The molecule has 9 nitrogen and oxygen atoms in total. The molecule has 0 radical (unpaired) electrons. The summed E-state index contributed by atoms with van der Waals surface area (Å²) >= 11 is 0. The van der Waals surface area contributed by atoms with E-state index in [2.05, 4.69) is 6.58 Å². The molecule has 0 aliphatic heterocycles. The summed E-state index contributed by atoms with van der Waals surface area (Å²) in [7, 11) is -4.19. The van der Waals surface area contributed by atoms with Gasteiger partial charge in [-0.05, 0) is 24.6 Å². The Bertz CT molecular complexity index is 1010. The molecule has 0 aliphatic rings. The number of hydrogen-bond acceptors (Lipinski definition) is 6. The first-order valence-corrected chi connectivity index (χ1v) is 10.0. The molecule has 0 aromatic heterocycles. The number of sulfonamides is 1. The van der Waals surface area contributed by atoms with Crippen molar-refractivity contribution >= 4 is 27.4 Å². The average molecular weight is 420 g/mol. The summed E-state index contributed by atoms with van der Waals surface area (Å²) in [5.41, 5.74) is -0.108. The van der Waals surface area contributed by atoms with Gasteiger partial charge in [0.05, 0.1) is 15.5 Å². The number of anilines is 1. The van der Waals surface area contributed by atoms with Crippen molar-refractivity contribution in [1.29, 1.82) is 0 Å². The lowest BCUT2D eigenvalue weighted by Crippen LogP contribution is -2.32. The van der Waals surface area contributed by atoms with Crippen molar-refractivity contribution in [3.05, 3.63) is 71.3 Å². The summed E-state index contributed by atoms with van der Waals surface area (Å²) < 4.78 is 32.9. The molecule has 0 aliphatic carbocycles. The van der Waals surface area contributed by atoms with Crippen LogP contribution in [0.15, 0.2) is 66.1 Å². The van der Waals surface area contributed by atoms with Gasteiger partial charge >= 0.3 is 5.97 Å². The first-order valence-electron chi connectivity index (χ1n) is 8.58. The van der Waals surface area contributed by atoms with E-state index >= 15 is 0 Å². The smallest absolute Gasteiger partial charge is 0.303 e.